The molecule has 0 heterocycles. The minimum atomic E-state index is 0.560. The molecule has 21 heavy (non-hydrogen) atoms. The molecule has 0 aromatic heterocycles. The fraction of sp³-hybridized carbons (Fsp3) is 0.684. The van der Waals surface area contributed by atoms with Crippen molar-refractivity contribution in [3.05, 3.63) is 33.8 Å². The summed E-state index contributed by atoms with van der Waals surface area (Å²) in [6.45, 7) is 8.76. The zero-order chi connectivity index (χ0) is 15.3. The number of hydrogen-bond acceptors (Lipinski definition) is 1. The minimum Gasteiger partial charge on any atom is -0.317 e. The van der Waals surface area contributed by atoms with E-state index in [0.717, 1.165) is 24.5 Å². The van der Waals surface area contributed by atoms with Crippen LogP contribution in [0, 0.1) is 19.3 Å². The maximum atomic E-state index is 6.45. The van der Waals surface area contributed by atoms with Crippen LogP contribution in [0.1, 0.15) is 62.1 Å². The second-order valence-electron chi connectivity index (χ2n) is 6.84. The molecule has 1 aliphatic rings. The fourth-order valence-corrected chi connectivity index (χ4v) is 4.03. The molecule has 1 aromatic carbocycles. The Balaban J connectivity index is 2.00. The molecule has 0 saturated heterocycles. The zero-order valence-corrected chi connectivity index (χ0v) is 14.7. The van der Waals surface area contributed by atoms with E-state index in [4.69, 9.17) is 11.6 Å². The van der Waals surface area contributed by atoms with Crippen molar-refractivity contribution in [3.63, 3.8) is 0 Å². The van der Waals surface area contributed by atoms with Crippen molar-refractivity contribution in [2.24, 2.45) is 5.41 Å². The van der Waals surface area contributed by atoms with Crippen LogP contribution in [0.25, 0.3) is 0 Å². The van der Waals surface area contributed by atoms with Crippen molar-refractivity contribution in [1.82, 2.24) is 5.32 Å². The molecule has 0 unspecified atom stereocenters. The van der Waals surface area contributed by atoms with E-state index in [1.165, 1.54) is 55.2 Å². The van der Waals surface area contributed by atoms with Gasteiger partial charge >= 0.3 is 0 Å². The molecule has 1 aliphatic carbocycles. The topological polar surface area (TPSA) is 12.0 Å². The summed E-state index contributed by atoms with van der Waals surface area (Å²) in [6, 6.07) is 4.43. The van der Waals surface area contributed by atoms with E-state index in [0.29, 0.717) is 5.41 Å². The first kappa shape index (κ1) is 16.8. The molecule has 0 radical (unpaired) electrons. The summed E-state index contributed by atoms with van der Waals surface area (Å²) < 4.78 is 0. The fourth-order valence-electron chi connectivity index (χ4n) is 3.71. The highest BCUT2D eigenvalue weighted by atomic mass is 35.5. The van der Waals surface area contributed by atoms with Crippen molar-refractivity contribution < 1.29 is 0 Å². The molecule has 0 spiro atoms. The normalized spacial score (nSPS) is 17.3. The molecule has 0 amide bonds. The number of nitrogens with one attached hydrogen (secondary N) is 1. The lowest BCUT2D eigenvalue weighted by Crippen LogP contribution is -2.25. The lowest BCUT2D eigenvalue weighted by atomic mass is 9.77. The highest BCUT2D eigenvalue weighted by molar-refractivity contribution is 6.31. The summed E-state index contributed by atoms with van der Waals surface area (Å²) >= 11 is 6.45. The van der Waals surface area contributed by atoms with E-state index in [9.17, 15) is 0 Å². The largest absolute Gasteiger partial charge is 0.317 e. The molecule has 0 atom stereocenters. The molecule has 1 aromatic rings. The second-order valence-corrected chi connectivity index (χ2v) is 7.25. The first-order chi connectivity index (χ1) is 10.1. The van der Waals surface area contributed by atoms with Crippen molar-refractivity contribution in [3.8, 4) is 0 Å². The van der Waals surface area contributed by atoms with Gasteiger partial charge in [0.05, 0.1) is 0 Å². The quantitative estimate of drug-likeness (QED) is 0.660. The van der Waals surface area contributed by atoms with Gasteiger partial charge in [0.1, 0.15) is 0 Å². The van der Waals surface area contributed by atoms with Crippen LogP contribution in [-0.2, 0) is 6.42 Å². The van der Waals surface area contributed by atoms with Crippen molar-refractivity contribution in [1.29, 1.82) is 0 Å². The van der Waals surface area contributed by atoms with E-state index < -0.39 is 0 Å². The maximum Gasteiger partial charge on any atom is 0.0440 e. The van der Waals surface area contributed by atoms with Crippen LogP contribution in [0.15, 0.2) is 12.1 Å². The van der Waals surface area contributed by atoms with Gasteiger partial charge in [-0.15, -0.1) is 0 Å². The van der Waals surface area contributed by atoms with Crippen LogP contribution in [-0.4, -0.2) is 13.1 Å². The molecular weight excluding hydrogens is 278 g/mol. The summed E-state index contributed by atoms with van der Waals surface area (Å²) in [4.78, 5) is 0. The average molecular weight is 308 g/mol. The third-order valence-corrected chi connectivity index (χ3v) is 5.69. The number of halogens is 1. The third-order valence-electron chi connectivity index (χ3n) is 5.33. The van der Waals surface area contributed by atoms with Crippen LogP contribution in [0.3, 0.4) is 0 Å². The Kier molecular flexibility index (Phi) is 6.13. The van der Waals surface area contributed by atoms with E-state index in [1.54, 1.807) is 0 Å². The second kappa shape index (κ2) is 7.65. The first-order valence-corrected chi connectivity index (χ1v) is 8.90. The monoisotopic (exact) mass is 307 g/mol. The SMILES string of the molecule is CCNCCC1(CCc2cc(C)c(C)cc2Cl)CCCC1. The van der Waals surface area contributed by atoms with Gasteiger partial charge in [0, 0.05) is 5.02 Å². The van der Waals surface area contributed by atoms with Gasteiger partial charge in [0.15, 0.2) is 0 Å². The Morgan fingerprint density at radius 3 is 2.43 bits per heavy atom. The standard InChI is InChI=1S/C19H30ClN/c1-4-21-12-11-19(8-5-6-9-19)10-7-17-13-15(2)16(3)14-18(17)20/h13-14,21H,4-12H2,1-3H3. The predicted octanol–water partition coefficient (Wildman–Crippen LogP) is 5.45. The molecule has 118 valence electrons. The van der Waals surface area contributed by atoms with Crippen LogP contribution in [0.4, 0.5) is 0 Å². The van der Waals surface area contributed by atoms with E-state index >= 15 is 0 Å². The molecule has 1 saturated carbocycles. The van der Waals surface area contributed by atoms with Crippen molar-refractivity contribution >= 4 is 11.6 Å². The molecule has 1 N–H and O–H groups in total. The summed E-state index contributed by atoms with van der Waals surface area (Å²) in [6.07, 6.45) is 9.37. The number of hydrogen-bond donors (Lipinski definition) is 1. The number of rotatable bonds is 7. The number of aryl methyl sites for hydroxylation is 3. The lowest BCUT2D eigenvalue weighted by molar-refractivity contribution is 0.246. The van der Waals surface area contributed by atoms with Crippen molar-refractivity contribution in [2.45, 2.75) is 65.7 Å². The first-order valence-electron chi connectivity index (χ1n) is 8.53. The zero-order valence-electron chi connectivity index (χ0n) is 13.9. The van der Waals surface area contributed by atoms with Gasteiger partial charge in [0.2, 0.25) is 0 Å². The van der Waals surface area contributed by atoms with Crippen LogP contribution in [0.5, 0.6) is 0 Å². The van der Waals surface area contributed by atoms with Gasteiger partial charge in [-0.1, -0.05) is 37.4 Å². The summed E-state index contributed by atoms with van der Waals surface area (Å²) in [5.74, 6) is 0. The Morgan fingerprint density at radius 2 is 1.76 bits per heavy atom. The summed E-state index contributed by atoms with van der Waals surface area (Å²) in [5, 5.41) is 4.46. The molecule has 0 aliphatic heterocycles. The third kappa shape index (κ3) is 4.47. The Labute approximate surface area is 135 Å². The van der Waals surface area contributed by atoms with Crippen LogP contribution < -0.4 is 5.32 Å². The number of benzene rings is 1. The average Bonchev–Trinajstić information content (AvgIpc) is 2.91. The van der Waals surface area contributed by atoms with Gasteiger partial charge in [-0.05, 0) is 87.2 Å². The molecule has 1 nitrogen and oxygen atoms in total. The maximum absolute atomic E-state index is 6.45. The van der Waals surface area contributed by atoms with Gasteiger partial charge in [-0.3, -0.25) is 0 Å². The Bertz CT molecular complexity index is 461. The van der Waals surface area contributed by atoms with Gasteiger partial charge in [-0.25, -0.2) is 0 Å². The van der Waals surface area contributed by atoms with Gasteiger partial charge < -0.3 is 5.32 Å². The summed E-state index contributed by atoms with van der Waals surface area (Å²) in [7, 11) is 0. The minimum absolute atomic E-state index is 0.560. The van der Waals surface area contributed by atoms with E-state index in [-0.39, 0.29) is 0 Å². The summed E-state index contributed by atoms with van der Waals surface area (Å²) in [5.41, 5.74) is 4.56. The van der Waals surface area contributed by atoms with E-state index in [2.05, 4.69) is 38.2 Å². The molecule has 2 heteroatoms. The van der Waals surface area contributed by atoms with Crippen LogP contribution >= 0.6 is 11.6 Å². The molecule has 1 fully saturated rings. The highest BCUT2D eigenvalue weighted by Gasteiger charge is 2.32. The highest BCUT2D eigenvalue weighted by Crippen LogP contribution is 2.45. The molecular formula is C19H30ClN. The van der Waals surface area contributed by atoms with Crippen molar-refractivity contribution in [2.75, 3.05) is 13.1 Å². The lowest BCUT2D eigenvalue weighted by Gasteiger charge is -2.29. The molecule has 2 rings (SSSR count). The Morgan fingerprint density at radius 1 is 1.10 bits per heavy atom. The van der Waals surface area contributed by atoms with Crippen LogP contribution in [0.2, 0.25) is 5.02 Å². The smallest absolute Gasteiger partial charge is 0.0440 e. The Hall–Kier alpha value is -0.530. The van der Waals surface area contributed by atoms with Gasteiger partial charge in [-0.2, -0.15) is 0 Å². The van der Waals surface area contributed by atoms with Gasteiger partial charge in [0.25, 0.3) is 0 Å². The van der Waals surface area contributed by atoms with E-state index in [1.807, 2.05) is 0 Å². The predicted molar refractivity (Wildman–Crippen MR) is 93.3 cm³/mol. The molecule has 0 bridgehead atoms.